The van der Waals surface area contributed by atoms with Crippen LogP contribution in [0.25, 0.3) is 0 Å². The topological polar surface area (TPSA) is 171 Å². The molecule has 0 fully saturated rings. The van der Waals surface area contributed by atoms with Gasteiger partial charge in [0.1, 0.15) is 11.5 Å². The number of hydrogen-bond donors (Lipinski definition) is 3. The molecule has 0 amide bonds. The number of benzene rings is 2. The van der Waals surface area contributed by atoms with Crippen LogP contribution in [0, 0.1) is 0 Å². The predicted octanol–water partition coefficient (Wildman–Crippen LogP) is 1.63. The van der Waals surface area contributed by atoms with Crippen molar-refractivity contribution in [2.75, 3.05) is 6.26 Å². The van der Waals surface area contributed by atoms with E-state index in [1.165, 1.54) is 0 Å². The van der Waals surface area contributed by atoms with Crippen molar-refractivity contribution < 1.29 is 32.0 Å². The standard InChI is InChI=1S/C17H17N3O4.CH4O3S/c1-2-15(21)23-13-7-9-14(10-8-13)24-16(22)11-3-5-12(6-4-11)20-17(18)19;1-5(2,3)4/h3-10H,2H2,1H3,(H4,18,19,20);1H3,(H,2,3,4). The van der Waals surface area contributed by atoms with E-state index in [2.05, 4.69) is 4.99 Å². The van der Waals surface area contributed by atoms with E-state index >= 15 is 0 Å². The minimum absolute atomic E-state index is 0.0609. The Morgan fingerprint density at radius 1 is 0.966 bits per heavy atom. The Labute approximate surface area is 167 Å². The Morgan fingerprint density at radius 2 is 1.41 bits per heavy atom. The molecule has 0 heterocycles. The lowest BCUT2D eigenvalue weighted by molar-refractivity contribution is -0.134. The lowest BCUT2D eigenvalue weighted by Gasteiger charge is -2.06. The molecule has 29 heavy (non-hydrogen) atoms. The summed E-state index contributed by atoms with van der Waals surface area (Å²) >= 11 is 0. The fraction of sp³-hybridized carbons (Fsp3) is 0.167. The largest absolute Gasteiger partial charge is 0.427 e. The maximum Gasteiger partial charge on any atom is 0.343 e. The lowest BCUT2D eigenvalue weighted by Crippen LogP contribution is -2.21. The zero-order valence-electron chi connectivity index (χ0n) is 15.7. The number of nitrogens with two attached hydrogens (primary N) is 2. The van der Waals surface area contributed by atoms with E-state index in [1.807, 2.05) is 0 Å². The molecule has 0 atom stereocenters. The van der Waals surface area contributed by atoms with Gasteiger partial charge >= 0.3 is 11.9 Å². The maximum atomic E-state index is 12.1. The zero-order chi connectivity index (χ0) is 22.0. The van der Waals surface area contributed by atoms with E-state index in [-0.39, 0.29) is 18.3 Å². The van der Waals surface area contributed by atoms with Crippen LogP contribution in [0.2, 0.25) is 0 Å². The summed E-state index contributed by atoms with van der Waals surface area (Å²) in [6.07, 6.45) is 1.000. The second kappa shape index (κ2) is 10.8. The third kappa shape index (κ3) is 10.5. The molecule has 11 heteroatoms. The monoisotopic (exact) mass is 423 g/mol. The molecule has 0 aliphatic carbocycles. The molecular weight excluding hydrogens is 402 g/mol. The molecule has 0 aliphatic heterocycles. The molecular formula is C18H21N3O7S. The van der Waals surface area contributed by atoms with Crippen molar-refractivity contribution in [1.82, 2.24) is 0 Å². The van der Waals surface area contributed by atoms with Gasteiger partial charge in [0.2, 0.25) is 0 Å². The highest BCUT2D eigenvalue weighted by molar-refractivity contribution is 7.85. The van der Waals surface area contributed by atoms with Gasteiger partial charge in [-0.05, 0) is 48.5 Å². The first-order valence-electron chi connectivity index (χ1n) is 8.13. The normalized spacial score (nSPS) is 10.2. The summed E-state index contributed by atoms with van der Waals surface area (Å²) in [4.78, 5) is 27.1. The summed E-state index contributed by atoms with van der Waals surface area (Å²) in [7, 11) is -3.67. The smallest absolute Gasteiger partial charge is 0.343 e. The highest BCUT2D eigenvalue weighted by Crippen LogP contribution is 2.20. The van der Waals surface area contributed by atoms with Gasteiger partial charge in [0.15, 0.2) is 5.96 Å². The number of rotatable bonds is 5. The second-order valence-corrected chi connectivity index (χ2v) is 6.97. The first kappa shape index (κ1) is 23.6. The van der Waals surface area contributed by atoms with Crippen LogP contribution in [-0.4, -0.2) is 37.1 Å². The minimum atomic E-state index is -3.67. The molecule has 0 saturated heterocycles. The van der Waals surface area contributed by atoms with Crippen LogP contribution in [0.1, 0.15) is 23.7 Å². The van der Waals surface area contributed by atoms with Gasteiger partial charge < -0.3 is 20.9 Å². The fourth-order valence-corrected chi connectivity index (χ4v) is 1.77. The van der Waals surface area contributed by atoms with Gasteiger partial charge in [0.05, 0.1) is 17.5 Å². The van der Waals surface area contributed by atoms with Crippen molar-refractivity contribution in [2.45, 2.75) is 13.3 Å². The highest BCUT2D eigenvalue weighted by Gasteiger charge is 2.09. The van der Waals surface area contributed by atoms with Gasteiger partial charge in [-0.2, -0.15) is 8.42 Å². The molecule has 10 nitrogen and oxygen atoms in total. The van der Waals surface area contributed by atoms with Gasteiger partial charge in [0.25, 0.3) is 10.1 Å². The first-order valence-corrected chi connectivity index (χ1v) is 9.98. The van der Waals surface area contributed by atoms with E-state index in [1.54, 1.807) is 55.5 Å². The summed E-state index contributed by atoms with van der Waals surface area (Å²) in [6.45, 7) is 1.71. The van der Waals surface area contributed by atoms with Crippen LogP contribution in [-0.2, 0) is 14.9 Å². The average Bonchev–Trinajstić information content (AvgIpc) is 2.62. The fourth-order valence-electron chi connectivity index (χ4n) is 1.77. The number of guanidine groups is 1. The quantitative estimate of drug-likeness (QED) is 0.212. The third-order valence-corrected chi connectivity index (χ3v) is 2.92. The molecule has 0 bridgehead atoms. The molecule has 2 rings (SSSR count). The molecule has 0 spiro atoms. The Kier molecular flexibility index (Phi) is 8.77. The molecule has 2 aromatic carbocycles. The van der Waals surface area contributed by atoms with Gasteiger partial charge in [-0.25, -0.2) is 9.79 Å². The van der Waals surface area contributed by atoms with Crippen molar-refractivity contribution in [1.29, 1.82) is 0 Å². The molecule has 0 aromatic heterocycles. The molecule has 156 valence electrons. The van der Waals surface area contributed by atoms with Crippen molar-refractivity contribution in [3.05, 3.63) is 54.1 Å². The van der Waals surface area contributed by atoms with Crippen LogP contribution < -0.4 is 20.9 Å². The van der Waals surface area contributed by atoms with Crippen LogP contribution in [0.4, 0.5) is 5.69 Å². The van der Waals surface area contributed by atoms with Gasteiger partial charge in [-0.1, -0.05) is 6.92 Å². The first-order chi connectivity index (χ1) is 13.5. The SMILES string of the molecule is CCC(=O)Oc1ccc(OC(=O)c2ccc(N=C(N)N)cc2)cc1.CS(=O)(=O)O. The molecule has 0 unspecified atom stereocenters. The summed E-state index contributed by atoms with van der Waals surface area (Å²) in [5.74, 6) is -0.188. The van der Waals surface area contributed by atoms with Crippen LogP contribution in [0.3, 0.4) is 0 Å². The predicted molar refractivity (Wildman–Crippen MR) is 107 cm³/mol. The number of carbonyl (C=O) groups excluding carboxylic acids is 2. The third-order valence-electron chi connectivity index (χ3n) is 2.92. The zero-order valence-corrected chi connectivity index (χ0v) is 16.5. The number of aliphatic imine (C=N–C) groups is 1. The number of nitrogens with zero attached hydrogens (tertiary/aromatic N) is 1. The summed E-state index contributed by atoms with van der Waals surface area (Å²) in [6, 6.07) is 12.5. The van der Waals surface area contributed by atoms with E-state index in [0.29, 0.717) is 29.0 Å². The van der Waals surface area contributed by atoms with Gasteiger partial charge in [-0.3, -0.25) is 9.35 Å². The number of esters is 2. The second-order valence-electron chi connectivity index (χ2n) is 5.51. The van der Waals surface area contributed by atoms with E-state index < -0.39 is 16.1 Å². The van der Waals surface area contributed by atoms with E-state index in [0.717, 1.165) is 0 Å². The Balaban J connectivity index is 0.000000749. The molecule has 0 saturated carbocycles. The minimum Gasteiger partial charge on any atom is -0.427 e. The molecule has 0 radical (unpaired) electrons. The Hall–Kier alpha value is -3.44. The highest BCUT2D eigenvalue weighted by atomic mass is 32.2. The average molecular weight is 423 g/mol. The summed E-state index contributed by atoms with van der Waals surface area (Å²) < 4.78 is 36.2. The lowest BCUT2D eigenvalue weighted by atomic mass is 10.2. The Bertz CT molecular complexity index is 958. The van der Waals surface area contributed by atoms with Crippen molar-refractivity contribution in [2.24, 2.45) is 16.5 Å². The van der Waals surface area contributed by atoms with Gasteiger partial charge in [-0.15, -0.1) is 0 Å². The van der Waals surface area contributed by atoms with E-state index in [4.69, 9.17) is 25.5 Å². The number of hydrogen-bond acceptors (Lipinski definition) is 7. The van der Waals surface area contributed by atoms with Crippen molar-refractivity contribution in [3.63, 3.8) is 0 Å². The summed E-state index contributed by atoms with van der Waals surface area (Å²) in [5, 5.41) is 0. The van der Waals surface area contributed by atoms with Gasteiger partial charge in [0, 0.05) is 6.42 Å². The van der Waals surface area contributed by atoms with Crippen LogP contribution in [0.15, 0.2) is 53.5 Å². The Morgan fingerprint density at radius 3 is 1.83 bits per heavy atom. The van der Waals surface area contributed by atoms with Crippen LogP contribution >= 0.6 is 0 Å². The van der Waals surface area contributed by atoms with Crippen LogP contribution in [0.5, 0.6) is 11.5 Å². The van der Waals surface area contributed by atoms with Crippen molar-refractivity contribution >= 4 is 33.7 Å². The maximum absolute atomic E-state index is 12.1. The molecule has 2 aromatic rings. The number of ether oxygens (including phenoxy) is 2. The molecule has 5 N–H and O–H groups in total. The van der Waals surface area contributed by atoms with E-state index in [9.17, 15) is 18.0 Å². The number of carbonyl (C=O) groups is 2. The summed E-state index contributed by atoms with van der Waals surface area (Å²) in [5.41, 5.74) is 11.4. The molecule has 0 aliphatic rings. The van der Waals surface area contributed by atoms with Crippen molar-refractivity contribution in [3.8, 4) is 11.5 Å².